The number of amides is 1. The lowest BCUT2D eigenvalue weighted by Crippen LogP contribution is -2.32. The molecule has 3 rings (SSSR count). The number of nitrogens with zero attached hydrogens (tertiary/aromatic N) is 1. The molecule has 0 bridgehead atoms. The molecule has 7 heteroatoms. The zero-order valence-electron chi connectivity index (χ0n) is 15.6. The number of aromatic hydroxyl groups is 1. The molecule has 1 fully saturated rings. The van der Waals surface area contributed by atoms with Crippen molar-refractivity contribution in [2.75, 3.05) is 19.8 Å². The van der Waals surface area contributed by atoms with Gasteiger partial charge in [-0.3, -0.25) is 9.59 Å². The summed E-state index contributed by atoms with van der Waals surface area (Å²) in [6.07, 6.45) is 1.61. The van der Waals surface area contributed by atoms with Crippen LogP contribution in [0.2, 0.25) is 0 Å². The van der Waals surface area contributed by atoms with E-state index in [4.69, 9.17) is 4.74 Å². The molecular weight excluding hydrogens is 374 g/mol. The van der Waals surface area contributed by atoms with E-state index in [1.165, 1.54) is 17.0 Å². The van der Waals surface area contributed by atoms with Gasteiger partial charge in [-0.05, 0) is 42.0 Å². The maximum absolute atomic E-state index is 12.7. The SMILES string of the molecule is C=CCOc1ccc(/C(O)=C2/C(=O)C(=O)N(CCO)C2c2ccc(O)cc2)cc1. The molecule has 1 atom stereocenters. The molecule has 0 aromatic heterocycles. The Labute approximate surface area is 167 Å². The van der Waals surface area contributed by atoms with Crippen LogP contribution in [0.1, 0.15) is 17.2 Å². The molecule has 150 valence electrons. The summed E-state index contributed by atoms with van der Waals surface area (Å²) < 4.78 is 5.41. The Morgan fingerprint density at radius 3 is 2.34 bits per heavy atom. The third-order valence-corrected chi connectivity index (χ3v) is 4.59. The second-order valence-electron chi connectivity index (χ2n) is 6.43. The van der Waals surface area contributed by atoms with E-state index in [9.17, 15) is 24.9 Å². The van der Waals surface area contributed by atoms with Crippen molar-refractivity contribution in [2.45, 2.75) is 6.04 Å². The molecule has 0 aliphatic carbocycles. The molecule has 0 spiro atoms. The van der Waals surface area contributed by atoms with Crippen LogP contribution in [0, 0.1) is 0 Å². The minimum Gasteiger partial charge on any atom is -0.508 e. The van der Waals surface area contributed by atoms with Gasteiger partial charge in [0.05, 0.1) is 18.2 Å². The largest absolute Gasteiger partial charge is 0.508 e. The molecule has 2 aromatic rings. The van der Waals surface area contributed by atoms with Gasteiger partial charge in [0, 0.05) is 12.1 Å². The fraction of sp³-hybridized carbons (Fsp3) is 0.182. The first-order valence-electron chi connectivity index (χ1n) is 9.00. The van der Waals surface area contributed by atoms with Gasteiger partial charge in [-0.1, -0.05) is 24.8 Å². The first-order chi connectivity index (χ1) is 14.0. The van der Waals surface area contributed by atoms with E-state index in [-0.39, 0.29) is 30.2 Å². The molecule has 29 heavy (non-hydrogen) atoms. The molecule has 1 aliphatic heterocycles. The molecule has 0 radical (unpaired) electrons. The van der Waals surface area contributed by atoms with Gasteiger partial charge in [0.25, 0.3) is 11.7 Å². The molecule has 7 nitrogen and oxygen atoms in total. The van der Waals surface area contributed by atoms with Crippen LogP contribution in [0.25, 0.3) is 5.76 Å². The van der Waals surface area contributed by atoms with Gasteiger partial charge in [0.15, 0.2) is 0 Å². The minimum absolute atomic E-state index is 0.0305. The van der Waals surface area contributed by atoms with Gasteiger partial charge in [0.1, 0.15) is 23.9 Å². The number of ketones is 1. The normalized spacial score (nSPS) is 18.1. The van der Waals surface area contributed by atoms with Crippen molar-refractivity contribution in [3.8, 4) is 11.5 Å². The van der Waals surface area contributed by atoms with Gasteiger partial charge in [-0.15, -0.1) is 0 Å². The summed E-state index contributed by atoms with van der Waals surface area (Å²) in [6, 6.07) is 11.6. The van der Waals surface area contributed by atoms with Crippen LogP contribution in [-0.2, 0) is 9.59 Å². The Kier molecular flexibility index (Phi) is 5.99. The van der Waals surface area contributed by atoms with Crippen molar-refractivity contribution in [2.24, 2.45) is 0 Å². The highest BCUT2D eigenvalue weighted by Crippen LogP contribution is 2.39. The lowest BCUT2D eigenvalue weighted by molar-refractivity contribution is -0.140. The van der Waals surface area contributed by atoms with E-state index in [2.05, 4.69) is 6.58 Å². The number of likely N-dealkylation sites (tertiary alicyclic amines) is 1. The molecule has 1 aliphatic rings. The fourth-order valence-electron chi connectivity index (χ4n) is 3.24. The number of ether oxygens (including phenoxy) is 1. The summed E-state index contributed by atoms with van der Waals surface area (Å²) in [5.41, 5.74) is 0.804. The van der Waals surface area contributed by atoms with Crippen LogP contribution in [-0.4, -0.2) is 51.7 Å². The number of carbonyl (C=O) groups is 2. The number of Topliss-reactive ketones (excluding diaryl/α,β-unsaturated/α-hetero) is 1. The van der Waals surface area contributed by atoms with E-state index >= 15 is 0 Å². The molecule has 2 aromatic carbocycles. The quantitative estimate of drug-likeness (QED) is 0.288. The summed E-state index contributed by atoms with van der Waals surface area (Å²) in [6.45, 7) is 3.50. The van der Waals surface area contributed by atoms with Gasteiger partial charge >= 0.3 is 0 Å². The highest BCUT2D eigenvalue weighted by molar-refractivity contribution is 6.46. The molecule has 0 saturated carbocycles. The number of aliphatic hydroxyl groups excluding tert-OH is 2. The number of benzene rings is 2. The Hall–Kier alpha value is -3.58. The summed E-state index contributed by atoms with van der Waals surface area (Å²) >= 11 is 0. The van der Waals surface area contributed by atoms with Gasteiger partial charge in [-0.25, -0.2) is 0 Å². The van der Waals surface area contributed by atoms with Crippen molar-refractivity contribution < 1.29 is 29.6 Å². The van der Waals surface area contributed by atoms with Crippen molar-refractivity contribution in [1.29, 1.82) is 0 Å². The second kappa shape index (κ2) is 8.62. The topological polar surface area (TPSA) is 107 Å². The van der Waals surface area contributed by atoms with Crippen LogP contribution in [0.15, 0.2) is 66.8 Å². The van der Waals surface area contributed by atoms with E-state index in [1.807, 2.05) is 0 Å². The Bertz CT molecular complexity index is 946. The summed E-state index contributed by atoms with van der Waals surface area (Å²) in [5, 5.41) is 29.7. The first kappa shape index (κ1) is 20.2. The predicted octanol–water partition coefficient (Wildman–Crippen LogP) is 2.37. The highest BCUT2D eigenvalue weighted by Gasteiger charge is 2.45. The lowest BCUT2D eigenvalue weighted by atomic mass is 9.95. The third-order valence-electron chi connectivity index (χ3n) is 4.59. The number of hydrogen-bond acceptors (Lipinski definition) is 6. The number of phenolic OH excluding ortho intramolecular Hbond substituents is 1. The molecule has 1 amide bonds. The van der Waals surface area contributed by atoms with E-state index in [0.29, 0.717) is 23.5 Å². The van der Waals surface area contributed by atoms with Crippen molar-refractivity contribution in [3.63, 3.8) is 0 Å². The summed E-state index contributed by atoms with van der Waals surface area (Å²) in [7, 11) is 0. The van der Waals surface area contributed by atoms with Gasteiger partial charge < -0.3 is 25.0 Å². The monoisotopic (exact) mass is 395 g/mol. The second-order valence-corrected chi connectivity index (χ2v) is 6.43. The van der Waals surface area contributed by atoms with Crippen LogP contribution in [0.4, 0.5) is 0 Å². The average Bonchev–Trinajstić information content (AvgIpc) is 2.98. The Morgan fingerprint density at radius 2 is 1.76 bits per heavy atom. The van der Waals surface area contributed by atoms with Crippen molar-refractivity contribution in [3.05, 3.63) is 77.9 Å². The Balaban J connectivity index is 2.07. The number of carbonyl (C=O) groups excluding carboxylic acids is 2. The van der Waals surface area contributed by atoms with Crippen LogP contribution >= 0.6 is 0 Å². The number of β-amino-alcohol motifs (C(OH)–C–C–N with tert-alkyl or cyclic N) is 1. The molecular formula is C22H21NO6. The lowest BCUT2D eigenvalue weighted by Gasteiger charge is -2.24. The van der Waals surface area contributed by atoms with Crippen LogP contribution in [0.5, 0.6) is 11.5 Å². The smallest absolute Gasteiger partial charge is 0.295 e. The summed E-state index contributed by atoms with van der Waals surface area (Å²) in [4.78, 5) is 26.4. The third kappa shape index (κ3) is 4.00. The summed E-state index contributed by atoms with van der Waals surface area (Å²) in [5.74, 6) is -1.36. The zero-order chi connectivity index (χ0) is 21.0. The zero-order valence-corrected chi connectivity index (χ0v) is 15.6. The van der Waals surface area contributed by atoms with E-state index < -0.39 is 17.7 Å². The van der Waals surface area contributed by atoms with Gasteiger partial charge in [-0.2, -0.15) is 0 Å². The van der Waals surface area contributed by atoms with Crippen LogP contribution < -0.4 is 4.74 Å². The van der Waals surface area contributed by atoms with E-state index in [0.717, 1.165) is 0 Å². The highest BCUT2D eigenvalue weighted by atomic mass is 16.5. The maximum Gasteiger partial charge on any atom is 0.295 e. The van der Waals surface area contributed by atoms with Crippen LogP contribution in [0.3, 0.4) is 0 Å². The first-order valence-corrected chi connectivity index (χ1v) is 9.00. The molecule has 1 saturated heterocycles. The van der Waals surface area contributed by atoms with Crippen molar-refractivity contribution >= 4 is 17.4 Å². The predicted molar refractivity (Wildman–Crippen MR) is 106 cm³/mol. The maximum atomic E-state index is 12.7. The van der Waals surface area contributed by atoms with Crippen molar-refractivity contribution in [1.82, 2.24) is 4.90 Å². The fourth-order valence-corrected chi connectivity index (χ4v) is 3.24. The number of rotatable bonds is 7. The Morgan fingerprint density at radius 1 is 1.10 bits per heavy atom. The number of hydrogen-bond donors (Lipinski definition) is 3. The number of phenols is 1. The van der Waals surface area contributed by atoms with E-state index in [1.54, 1.807) is 42.5 Å². The van der Waals surface area contributed by atoms with Gasteiger partial charge in [0.2, 0.25) is 0 Å². The standard InChI is InChI=1S/C22H21NO6/c1-2-13-29-17-9-5-15(6-10-17)20(26)18-19(14-3-7-16(25)8-4-14)23(11-12-24)22(28)21(18)27/h2-10,19,24-26H,1,11-13H2/b20-18-. The minimum atomic E-state index is -0.876. The number of aliphatic hydroxyl groups is 2. The molecule has 3 N–H and O–H groups in total. The molecule has 1 unspecified atom stereocenters. The average molecular weight is 395 g/mol. The molecule has 1 heterocycles.